The average molecular weight is 410 g/mol. The third-order valence-corrected chi connectivity index (χ3v) is 6.70. The lowest BCUT2D eigenvalue weighted by molar-refractivity contribution is -0.132. The molecule has 0 N–H and O–H groups in total. The molecule has 1 amide bonds. The lowest BCUT2D eigenvalue weighted by atomic mass is 10.1. The first-order valence-electron chi connectivity index (χ1n) is 8.87. The van der Waals surface area contributed by atoms with Crippen LogP contribution < -0.4 is 5.56 Å². The second-order valence-corrected chi connectivity index (χ2v) is 8.38. The lowest BCUT2D eigenvalue weighted by Gasteiger charge is -2.25. The Morgan fingerprint density at radius 3 is 2.68 bits per heavy atom. The van der Waals surface area contributed by atoms with Gasteiger partial charge in [-0.25, -0.2) is 4.98 Å². The molecule has 7 heteroatoms. The molecule has 0 bridgehead atoms. The predicted octanol–water partition coefficient (Wildman–Crippen LogP) is 4.41. The van der Waals surface area contributed by atoms with E-state index >= 15 is 0 Å². The van der Waals surface area contributed by atoms with Crippen molar-refractivity contribution in [2.45, 2.75) is 19.5 Å². The maximum atomic E-state index is 13.1. The fourth-order valence-corrected chi connectivity index (χ4v) is 4.84. The van der Waals surface area contributed by atoms with E-state index in [0.29, 0.717) is 10.2 Å². The maximum absolute atomic E-state index is 13.1. The molecule has 0 aliphatic carbocycles. The summed E-state index contributed by atoms with van der Waals surface area (Å²) in [5.41, 5.74) is 1.76. The van der Waals surface area contributed by atoms with Crippen molar-refractivity contribution in [1.82, 2.24) is 14.5 Å². The maximum Gasteiger partial charge on any atom is 0.263 e. The number of aromatic nitrogens is 2. The zero-order valence-corrected chi connectivity index (χ0v) is 17.2. The van der Waals surface area contributed by atoms with Gasteiger partial charge in [0.2, 0.25) is 5.91 Å². The van der Waals surface area contributed by atoms with Gasteiger partial charge in [-0.2, -0.15) is 0 Å². The summed E-state index contributed by atoms with van der Waals surface area (Å²) in [5, 5.41) is 4.53. The molecule has 0 unspecified atom stereocenters. The van der Waals surface area contributed by atoms with Crippen LogP contribution in [0.1, 0.15) is 18.5 Å². The highest BCUT2D eigenvalue weighted by molar-refractivity contribution is 7.18. The minimum absolute atomic E-state index is 0.0326. The first kappa shape index (κ1) is 18.6. The summed E-state index contributed by atoms with van der Waals surface area (Å²) in [6.07, 6.45) is 1.47. The molecule has 0 fully saturated rings. The van der Waals surface area contributed by atoms with Crippen molar-refractivity contribution in [2.75, 3.05) is 7.05 Å². The highest BCUT2D eigenvalue weighted by atomic mass is 32.1. The molecule has 0 saturated carbocycles. The average Bonchev–Trinajstić information content (AvgIpc) is 3.39. The van der Waals surface area contributed by atoms with Crippen LogP contribution in [0.4, 0.5) is 0 Å². The Morgan fingerprint density at radius 1 is 1.18 bits per heavy atom. The summed E-state index contributed by atoms with van der Waals surface area (Å²) in [6, 6.07) is 13.7. The second-order valence-electron chi connectivity index (χ2n) is 6.58. The van der Waals surface area contributed by atoms with Crippen molar-refractivity contribution in [3.05, 3.63) is 75.5 Å². The van der Waals surface area contributed by atoms with Crippen LogP contribution in [0.3, 0.4) is 0 Å². The zero-order chi connectivity index (χ0) is 19.7. The van der Waals surface area contributed by atoms with Gasteiger partial charge in [0.15, 0.2) is 0 Å². The molecule has 3 heterocycles. The van der Waals surface area contributed by atoms with Crippen LogP contribution in [0, 0.1) is 0 Å². The minimum atomic E-state index is -0.177. The molecule has 5 nitrogen and oxygen atoms in total. The summed E-state index contributed by atoms with van der Waals surface area (Å²) in [5.74, 6) is -0.132. The van der Waals surface area contributed by atoms with Gasteiger partial charge >= 0.3 is 0 Å². The van der Waals surface area contributed by atoms with Crippen LogP contribution in [0.15, 0.2) is 64.3 Å². The lowest BCUT2D eigenvalue weighted by Crippen LogP contribution is -2.35. The van der Waals surface area contributed by atoms with Crippen LogP contribution in [-0.4, -0.2) is 27.4 Å². The first-order valence-corrected chi connectivity index (χ1v) is 10.6. The highest BCUT2D eigenvalue weighted by Gasteiger charge is 2.20. The molecule has 0 saturated heterocycles. The van der Waals surface area contributed by atoms with Crippen LogP contribution in [0.2, 0.25) is 0 Å². The molecule has 4 rings (SSSR count). The van der Waals surface area contributed by atoms with Crippen LogP contribution in [0.25, 0.3) is 20.7 Å². The van der Waals surface area contributed by atoms with Gasteiger partial charge < -0.3 is 4.90 Å². The molecular formula is C21H19N3O2S2. The Morgan fingerprint density at radius 2 is 1.96 bits per heavy atom. The number of fused-ring (bicyclic) bond motifs is 1. The molecule has 28 heavy (non-hydrogen) atoms. The largest absolute Gasteiger partial charge is 0.337 e. The van der Waals surface area contributed by atoms with E-state index in [2.05, 4.69) is 4.98 Å². The molecule has 4 aromatic rings. The quantitative estimate of drug-likeness (QED) is 0.491. The number of amides is 1. The Kier molecular flexibility index (Phi) is 5.11. The number of hydrogen-bond acceptors (Lipinski definition) is 5. The van der Waals surface area contributed by atoms with E-state index in [1.165, 1.54) is 22.2 Å². The van der Waals surface area contributed by atoms with Crippen LogP contribution in [0.5, 0.6) is 0 Å². The van der Waals surface area contributed by atoms with E-state index in [1.54, 1.807) is 23.3 Å². The molecule has 0 aliphatic rings. The van der Waals surface area contributed by atoms with Gasteiger partial charge in [0.1, 0.15) is 11.4 Å². The van der Waals surface area contributed by atoms with Gasteiger partial charge in [-0.1, -0.05) is 36.4 Å². The number of thiophene rings is 2. The number of benzene rings is 1. The second kappa shape index (κ2) is 7.69. The number of nitrogens with zero attached hydrogens (tertiary/aromatic N) is 3. The van der Waals surface area contributed by atoms with Crippen molar-refractivity contribution in [1.29, 1.82) is 0 Å². The first-order chi connectivity index (χ1) is 13.6. The molecule has 1 aromatic carbocycles. The van der Waals surface area contributed by atoms with Gasteiger partial charge in [-0.15, -0.1) is 22.7 Å². The van der Waals surface area contributed by atoms with Crippen molar-refractivity contribution < 1.29 is 4.79 Å². The van der Waals surface area contributed by atoms with Gasteiger partial charge in [0, 0.05) is 22.9 Å². The number of carbonyl (C=O) groups excluding carboxylic acids is 1. The van der Waals surface area contributed by atoms with Crippen molar-refractivity contribution >= 4 is 38.8 Å². The summed E-state index contributed by atoms with van der Waals surface area (Å²) >= 11 is 3.04. The van der Waals surface area contributed by atoms with Gasteiger partial charge in [0.25, 0.3) is 5.56 Å². The zero-order valence-electron chi connectivity index (χ0n) is 15.5. The SMILES string of the molecule is C[C@@H](c1ccccc1)N(C)C(=O)Cn1cnc2scc(-c3cccs3)c2c1=O. The normalized spacial score (nSPS) is 12.2. The number of carbonyl (C=O) groups is 1. The molecule has 142 valence electrons. The summed E-state index contributed by atoms with van der Waals surface area (Å²) in [6.45, 7) is 1.94. The molecule has 0 radical (unpaired) electrons. The number of rotatable bonds is 5. The fourth-order valence-electron chi connectivity index (χ4n) is 3.12. The van der Waals surface area contributed by atoms with Crippen molar-refractivity contribution in [3.63, 3.8) is 0 Å². The standard InChI is InChI=1S/C21H19N3O2S2/c1-14(15-7-4-3-5-8-15)23(2)18(25)11-24-13-22-20-19(21(24)26)16(12-28-20)17-9-6-10-27-17/h3-10,12-14H,11H2,1-2H3/t14-/m0/s1. The highest BCUT2D eigenvalue weighted by Crippen LogP contribution is 2.33. The topological polar surface area (TPSA) is 55.2 Å². The monoisotopic (exact) mass is 409 g/mol. The van der Waals surface area contributed by atoms with E-state index in [9.17, 15) is 9.59 Å². The molecule has 0 aliphatic heterocycles. The van der Waals surface area contributed by atoms with E-state index in [4.69, 9.17) is 0 Å². The summed E-state index contributed by atoms with van der Waals surface area (Å²) < 4.78 is 1.41. The molecular weight excluding hydrogens is 390 g/mol. The summed E-state index contributed by atoms with van der Waals surface area (Å²) in [7, 11) is 1.76. The summed E-state index contributed by atoms with van der Waals surface area (Å²) in [4.78, 5) is 33.7. The van der Waals surface area contributed by atoms with Gasteiger partial charge in [0.05, 0.1) is 17.8 Å². The Bertz CT molecular complexity index is 1160. The molecule has 1 atom stereocenters. The minimum Gasteiger partial charge on any atom is -0.337 e. The fraction of sp³-hybridized carbons (Fsp3) is 0.190. The van der Waals surface area contributed by atoms with Crippen LogP contribution >= 0.6 is 22.7 Å². The van der Waals surface area contributed by atoms with Crippen LogP contribution in [-0.2, 0) is 11.3 Å². The molecule has 0 spiro atoms. The number of hydrogen-bond donors (Lipinski definition) is 0. The van der Waals surface area contributed by atoms with Crippen molar-refractivity contribution in [3.8, 4) is 10.4 Å². The van der Waals surface area contributed by atoms with Gasteiger partial charge in [-0.3, -0.25) is 14.2 Å². The smallest absolute Gasteiger partial charge is 0.263 e. The predicted molar refractivity (Wildman–Crippen MR) is 115 cm³/mol. The van der Waals surface area contributed by atoms with E-state index < -0.39 is 0 Å². The molecule has 3 aromatic heterocycles. The van der Waals surface area contributed by atoms with E-state index in [0.717, 1.165) is 16.0 Å². The Balaban J connectivity index is 1.63. The van der Waals surface area contributed by atoms with E-state index in [-0.39, 0.29) is 24.1 Å². The Labute approximate surface area is 170 Å². The number of likely N-dealkylation sites (N-methyl/N-ethyl adjacent to an activating group) is 1. The van der Waals surface area contributed by atoms with Crippen molar-refractivity contribution in [2.24, 2.45) is 0 Å². The van der Waals surface area contributed by atoms with E-state index in [1.807, 2.05) is 60.1 Å². The third kappa shape index (κ3) is 3.39. The Hall–Kier alpha value is -2.77. The van der Waals surface area contributed by atoms with Gasteiger partial charge in [-0.05, 0) is 23.9 Å². The third-order valence-electron chi connectivity index (χ3n) is 4.91.